The van der Waals surface area contributed by atoms with E-state index in [4.69, 9.17) is 21.9 Å². The second kappa shape index (κ2) is 6.07. The van der Waals surface area contributed by atoms with Gasteiger partial charge in [-0.1, -0.05) is 37.3 Å². The van der Waals surface area contributed by atoms with E-state index in [1.54, 1.807) is 6.07 Å². The van der Waals surface area contributed by atoms with E-state index < -0.39 is 5.91 Å². The lowest BCUT2D eigenvalue weighted by Gasteiger charge is -2.16. The number of ether oxygens (including phenoxy) is 1. The maximum atomic E-state index is 11.9. The van der Waals surface area contributed by atoms with Gasteiger partial charge in [-0.25, -0.2) is 4.98 Å². The van der Waals surface area contributed by atoms with Gasteiger partial charge in [0.05, 0.1) is 17.5 Å². The summed E-state index contributed by atoms with van der Waals surface area (Å²) in [5.74, 6) is 0.821. The molecule has 1 aromatic heterocycles. The van der Waals surface area contributed by atoms with Crippen molar-refractivity contribution >= 4 is 39.3 Å². The molecule has 1 atom stereocenters. The molecule has 7 heteroatoms. The number of amides is 1. The van der Waals surface area contributed by atoms with E-state index in [0.29, 0.717) is 34.6 Å². The van der Waals surface area contributed by atoms with E-state index in [9.17, 15) is 4.79 Å². The van der Waals surface area contributed by atoms with Crippen molar-refractivity contribution in [3.8, 4) is 16.9 Å². The van der Waals surface area contributed by atoms with Gasteiger partial charge in [-0.15, -0.1) is 0 Å². The average Bonchev–Trinajstić information content (AvgIpc) is 3.07. The molecule has 3 aromatic carbocycles. The second-order valence-corrected chi connectivity index (χ2v) is 7.31. The third-order valence-corrected chi connectivity index (χ3v) is 5.48. The number of primary amides is 1. The number of nitrogens with two attached hydrogens (primary N) is 3. The van der Waals surface area contributed by atoms with Gasteiger partial charge < -0.3 is 21.9 Å². The molecule has 4 aromatic rings. The SMILES string of the molecule is CC1COc2c1c(-c1ccc(C(N)=O)c3ccccc13)cc1nc(N)nc(N)c21. The van der Waals surface area contributed by atoms with Gasteiger partial charge in [-0.2, -0.15) is 4.98 Å². The molecule has 0 aliphatic carbocycles. The van der Waals surface area contributed by atoms with E-state index in [1.165, 1.54) is 0 Å². The maximum Gasteiger partial charge on any atom is 0.249 e. The third-order valence-electron chi connectivity index (χ3n) is 5.48. The molecule has 0 fully saturated rings. The molecule has 0 saturated heterocycles. The summed E-state index contributed by atoms with van der Waals surface area (Å²) >= 11 is 0. The minimum Gasteiger partial charge on any atom is -0.492 e. The number of hydrogen-bond donors (Lipinski definition) is 3. The second-order valence-electron chi connectivity index (χ2n) is 7.31. The van der Waals surface area contributed by atoms with Crippen LogP contribution in [0.15, 0.2) is 42.5 Å². The summed E-state index contributed by atoms with van der Waals surface area (Å²) in [6.45, 7) is 2.65. The number of hydrogen-bond acceptors (Lipinski definition) is 6. The van der Waals surface area contributed by atoms with Gasteiger partial charge in [0, 0.05) is 17.0 Å². The fourth-order valence-corrected chi connectivity index (χ4v) is 4.23. The highest BCUT2D eigenvalue weighted by atomic mass is 16.5. The van der Waals surface area contributed by atoms with Crippen molar-refractivity contribution in [2.24, 2.45) is 5.73 Å². The number of nitrogens with zero attached hydrogens (tertiary/aromatic N) is 2. The Morgan fingerprint density at radius 3 is 2.59 bits per heavy atom. The molecule has 1 aliphatic heterocycles. The maximum absolute atomic E-state index is 11.9. The van der Waals surface area contributed by atoms with Crippen LogP contribution in [0.5, 0.6) is 5.75 Å². The molecule has 0 bridgehead atoms. The molecule has 29 heavy (non-hydrogen) atoms. The molecule has 0 saturated carbocycles. The number of rotatable bonds is 2. The van der Waals surface area contributed by atoms with Crippen LogP contribution in [0, 0.1) is 0 Å². The van der Waals surface area contributed by atoms with Crippen LogP contribution in [0.4, 0.5) is 11.8 Å². The predicted molar refractivity (Wildman–Crippen MR) is 114 cm³/mol. The van der Waals surface area contributed by atoms with Gasteiger partial charge in [0.2, 0.25) is 11.9 Å². The lowest BCUT2D eigenvalue weighted by atomic mass is 9.87. The van der Waals surface area contributed by atoms with Gasteiger partial charge >= 0.3 is 0 Å². The van der Waals surface area contributed by atoms with E-state index in [0.717, 1.165) is 27.5 Å². The molecule has 6 N–H and O–H groups in total. The van der Waals surface area contributed by atoms with Gasteiger partial charge in [0.1, 0.15) is 11.6 Å². The molecule has 0 spiro atoms. The Kier molecular flexibility index (Phi) is 3.61. The van der Waals surface area contributed by atoms with Crippen LogP contribution >= 0.6 is 0 Å². The summed E-state index contributed by atoms with van der Waals surface area (Å²) in [6.07, 6.45) is 0. The highest BCUT2D eigenvalue weighted by molar-refractivity contribution is 6.12. The Balaban J connectivity index is 1.91. The Morgan fingerprint density at radius 1 is 1.07 bits per heavy atom. The van der Waals surface area contributed by atoms with Crippen molar-refractivity contribution in [1.82, 2.24) is 9.97 Å². The van der Waals surface area contributed by atoms with Crippen molar-refractivity contribution in [2.45, 2.75) is 12.8 Å². The summed E-state index contributed by atoms with van der Waals surface area (Å²) in [5.41, 5.74) is 21.7. The lowest BCUT2D eigenvalue weighted by molar-refractivity contribution is 0.100. The molecule has 1 amide bonds. The van der Waals surface area contributed by atoms with E-state index in [-0.39, 0.29) is 11.9 Å². The normalized spacial score (nSPS) is 15.4. The van der Waals surface area contributed by atoms with Gasteiger partial charge in [-0.3, -0.25) is 4.79 Å². The lowest BCUT2D eigenvalue weighted by Crippen LogP contribution is -2.11. The smallest absolute Gasteiger partial charge is 0.249 e. The fourth-order valence-electron chi connectivity index (χ4n) is 4.23. The standard InChI is InChI=1S/C22H19N5O2/c1-10-9-29-19-17(10)15(8-16-18(19)20(23)27-22(25)26-16)13-6-7-14(21(24)28)12-5-3-2-4-11(12)13/h2-8,10H,9H2,1H3,(H2,24,28)(H4,23,25,26,27). The molecule has 7 nitrogen and oxygen atoms in total. The van der Waals surface area contributed by atoms with Crippen LogP contribution < -0.4 is 21.9 Å². The number of carbonyl (C=O) groups is 1. The topological polar surface area (TPSA) is 130 Å². The number of anilines is 2. The van der Waals surface area contributed by atoms with Crippen LogP contribution in [-0.4, -0.2) is 22.5 Å². The number of aromatic nitrogens is 2. The predicted octanol–water partition coefficient (Wildman–Crippen LogP) is 3.21. The minimum absolute atomic E-state index is 0.112. The zero-order valence-electron chi connectivity index (χ0n) is 15.8. The number of nitrogen functional groups attached to an aromatic ring is 2. The molecule has 1 unspecified atom stereocenters. The monoisotopic (exact) mass is 385 g/mol. The first-order chi connectivity index (χ1) is 14.0. The largest absolute Gasteiger partial charge is 0.492 e. The fraction of sp³-hybridized carbons (Fsp3) is 0.136. The Labute approximate surface area is 166 Å². The molecule has 144 valence electrons. The highest BCUT2D eigenvalue weighted by Crippen LogP contribution is 2.48. The minimum atomic E-state index is -0.457. The molecule has 1 aliphatic rings. The van der Waals surface area contributed by atoms with Crippen LogP contribution in [0.2, 0.25) is 0 Å². The Morgan fingerprint density at radius 2 is 1.83 bits per heavy atom. The van der Waals surface area contributed by atoms with Crippen LogP contribution in [0.25, 0.3) is 32.8 Å². The summed E-state index contributed by atoms with van der Waals surface area (Å²) < 4.78 is 6.01. The first-order valence-corrected chi connectivity index (χ1v) is 9.30. The number of fused-ring (bicyclic) bond motifs is 4. The molecular weight excluding hydrogens is 366 g/mol. The zero-order chi connectivity index (χ0) is 20.3. The zero-order valence-corrected chi connectivity index (χ0v) is 15.8. The Hall–Kier alpha value is -3.87. The van der Waals surface area contributed by atoms with Gasteiger partial charge in [-0.05, 0) is 34.0 Å². The Bertz CT molecular complexity index is 1330. The quantitative estimate of drug-likeness (QED) is 0.486. The van der Waals surface area contributed by atoms with Crippen LogP contribution in [0.3, 0.4) is 0 Å². The van der Waals surface area contributed by atoms with Gasteiger partial charge in [0.25, 0.3) is 0 Å². The molecule has 2 heterocycles. The third kappa shape index (κ3) is 2.47. The van der Waals surface area contributed by atoms with E-state index in [2.05, 4.69) is 16.9 Å². The van der Waals surface area contributed by atoms with E-state index in [1.807, 2.05) is 36.4 Å². The summed E-state index contributed by atoms with van der Waals surface area (Å²) in [4.78, 5) is 20.4. The van der Waals surface area contributed by atoms with Crippen molar-refractivity contribution in [3.05, 3.63) is 53.6 Å². The van der Waals surface area contributed by atoms with Crippen LogP contribution in [-0.2, 0) is 0 Å². The van der Waals surface area contributed by atoms with Crippen molar-refractivity contribution in [1.29, 1.82) is 0 Å². The van der Waals surface area contributed by atoms with Crippen molar-refractivity contribution in [2.75, 3.05) is 18.1 Å². The summed E-state index contributed by atoms with van der Waals surface area (Å²) in [5, 5.41) is 2.42. The van der Waals surface area contributed by atoms with Crippen LogP contribution in [0.1, 0.15) is 28.8 Å². The first-order valence-electron chi connectivity index (χ1n) is 9.30. The molecular formula is C22H19N5O2. The average molecular weight is 385 g/mol. The van der Waals surface area contributed by atoms with Crippen molar-refractivity contribution in [3.63, 3.8) is 0 Å². The number of carbonyl (C=O) groups excluding carboxylic acids is 1. The molecule has 5 rings (SSSR count). The van der Waals surface area contributed by atoms with E-state index >= 15 is 0 Å². The van der Waals surface area contributed by atoms with Crippen molar-refractivity contribution < 1.29 is 9.53 Å². The first kappa shape index (κ1) is 17.2. The summed E-state index contributed by atoms with van der Waals surface area (Å²) in [7, 11) is 0. The highest BCUT2D eigenvalue weighted by Gasteiger charge is 2.29. The number of benzene rings is 3. The van der Waals surface area contributed by atoms with Gasteiger partial charge in [0.15, 0.2) is 0 Å². The molecule has 0 radical (unpaired) electrons. The summed E-state index contributed by atoms with van der Waals surface area (Å²) in [6, 6.07) is 13.4.